The third-order valence-electron chi connectivity index (χ3n) is 4.61. The molecule has 0 unspecified atom stereocenters. The van der Waals surface area contributed by atoms with Crippen molar-refractivity contribution in [2.75, 3.05) is 5.32 Å². The van der Waals surface area contributed by atoms with Crippen LogP contribution in [-0.4, -0.2) is 10.5 Å². The summed E-state index contributed by atoms with van der Waals surface area (Å²) in [5.74, 6) is -0.390. The van der Waals surface area contributed by atoms with Gasteiger partial charge in [0, 0.05) is 29.2 Å². The maximum Gasteiger partial charge on any atom is 0.261 e. The summed E-state index contributed by atoms with van der Waals surface area (Å²) in [7, 11) is 0. The molecule has 0 aliphatic rings. The molecule has 0 aliphatic carbocycles. The number of rotatable bonds is 3. The Balaban J connectivity index is 1.81. The van der Waals surface area contributed by atoms with Gasteiger partial charge in [-0.2, -0.15) is 0 Å². The topological polar surface area (TPSA) is 51.1 Å². The molecule has 1 heterocycles. The van der Waals surface area contributed by atoms with Crippen molar-refractivity contribution in [3.8, 4) is 0 Å². The van der Waals surface area contributed by atoms with E-state index in [2.05, 4.69) is 5.32 Å². The normalized spacial score (nSPS) is 11.0. The summed E-state index contributed by atoms with van der Waals surface area (Å²) >= 11 is 0. The van der Waals surface area contributed by atoms with Crippen molar-refractivity contribution in [3.05, 3.63) is 88.7 Å². The molecular formula is C22H18N2O2. The van der Waals surface area contributed by atoms with Crippen molar-refractivity contribution in [2.45, 2.75) is 13.5 Å². The van der Waals surface area contributed by atoms with Gasteiger partial charge in [0.25, 0.3) is 5.91 Å². The molecule has 26 heavy (non-hydrogen) atoms. The fourth-order valence-corrected chi connectivity index (χ4v) is 3.29. The molecule has 3 aromatic carbocycles. The van der Waals surface area contributed by atoms with E-state index in [9.17, 15) is 9.59 Å². The van der Waals surface area contributed by atoms with Crippen LogP contribution < -0.4 is 10.7 Å². The molecule has 0 aliphatic heterocycles. The van der Waals surface area contributed by atoms with Gasteiger partial charge in [-0.1, -0.05) is 48.5 Å². The van der Waals surface area contributed by atoms with Crippen LogP contribution in [0.2, 0.25) is 0 Å². The van der Waals surface area contributed by atoms with Crippen LogP contribution in [0.4, 0.5) is 5.69 Å². The number of carbonyl (C=O) groups excluding carboxylic acids is 1. The van der Waals surface area contributed by atoms with Crippen LogP contribution in [0.1, 0.15) is 17.3 Å². The van der Waals surface area contributed by atoms with Crippen LogP contribution in [0, 0.1) is 0 Å². The van der Waals surface area contributed by atoms with E-state index in [1.54, 1.807) is 12.3 Å². The summed E-state index contributed by atoms with van der Waals surface area (Å²) in [6, 6.07) is 20.9. The Bertz CT molecular complexity index is 1190. The molecule has 0 fully saturated rings. The van der Waals surface area contributed by atoms with Gasteiger partial charge < -0.3 is 9.88 Å². The second-order valence-electron chi connectivity index (χ2n) is 6.16. The van der Waals surface area contributed by atoms with Gasteiger partial charge in [0.2, 0.25) is 5.43 Å². The van der Waals surface area contributed by atoms with Crippen LogP contribution in [0.15, 0.2) is 77.7 Å². The van der Waals surface area contributed by atoms with Crippen molar-refractivity contribution in [3.63, 3.8) is 0 Å². The highest BCUT2D eigenvalue weighted by atomic mass is 16.2. The van der Waals surface area contributed by atoms with Crippen molar-refractivity contribution in [1.82, 2.24) is 4.57 Å². The number of para-hydroxylation sites is 1. The van der Waals surface area contributed by atoms with E-state index in [1.807, 2.05) is 72.2 Å². The lowest BCUT2D eigenvalue weighted by molar-refractivity contribution is 0.102. The van der Waals surface area contributed by atoms with Gasteiger partial charge >= 0.3 is 0 Å². The van der Waals surface area contributed by atoms with E-state index in [-0.39, 0.29) is 16.9 Å². The molecule has 0 saturated carbocycles. The number of hydrogen-bond donors (Lipinski definition) is 1. The zero-order valence-corrected chi connectivity index (χ0v) is 14.4. The number of carbonyl (C=O) groups is 1. The zero-order valence-electron chi connectivity index (χ0n) is 14.4. The number of amides is 1. The highest BCUT2D eigenvalue weighted by molar-refractivity contribution is 6.10. The third-order valence-corrected chi connectivity index (χ3v) is 4.61. The van der Waals surface area contributed by atoms with E-state index >= 15 is 0 Å². The van der Waals surface area contributed by atoms with Crippen LogP contribution in [0.5, 0.6) is 0 Å². The predicted molar refractivity (Wildman–Crippen MR) is 106 cm³/mol. The number of aryl methyl sites for hydroxylation is 1. The van der Waals surface area contributed by atoms with Gasteiger partial charge in [0.15, 0.2) is 0 Å². The largest absolute Gasteiger partial charge is 0.347 e. The number of nitrogens with zero attached hydrogens (tertiary/aromatic N) is 1. The quantitative estimate of drug-likeness (QED) is 0.599. The van der Waals surface area contributed by atoms with Crippen molar-refractivity contribution in [1.29, 1.82) is 0 Å². The first-order valence-electron chi connectivity index (χ1n) is 8.60. The minimum atomic E-state index is -0.390. The van der Waals surface area contributed by atoms with Gasteiger partial charge in [-0.05, 0) is 30.5 Å². The molecule has 128 valence electrons. The predicted octanol–water partition coefficient (Wildman–Crippen LogP) is 4.43. The van der Waals surface area contributed by atoms with Gasteiger partial charge in [-0.25, -0.2) is 0 Å². The molecule has 0 atom stereocenters. The molecule has 4 heteroatoms. The average molecular weight is 342 g/mol. The first-order chi connectivity index (χ1) is 12.7. The van der Waals surface area contributed by atoms with E-state index in [0.29, 0.717) is 17.6 Å². The molecule has 0 spiro atoms. The maximum absolute atomic E-state index is 12.9. The van der Waals surface area contributed by atoms with E-state index in [1.165, 1.54) is 0 Å². The molecule has 4 rings (SSSR count). The molecule has 0 saturated heterocycles. The SMILES string of the molecule is CCn1cc(C(=O)Nc2cccc3ccccc23)c(=O)c2ccccc21. The summed E-state index contributed by atoms with van der Waals surface area (Å²) in [5.41, 5.74) is 1.44. The van der Waals surface area contributed by atoms with Crippen LogP contribution in [-0.2, 0) is 6.54 Å². The Labute approximate surface area is 150 Å². The Morgan fingerprint density at radius 3 is 2.42 bits per heavy atom. The fraction of sp³-hybridized carbons (Fsp3) is 0.0909. The first-order valence-corrected chi connectivity index (χ1v) is 8.60. The molecule has 1 N–H and O–H groups in total. The summed E-state index contributed by atoms with van der Waals surface area (Å²) in [4.78, 5) is 25.7. The Morgan fingerprint density at radius 2 is 1.62 bits per heavy atom. The lowest BCUT2D eigenvalue weighted by Gasteiger charge is -2.12. The third kappa shape index (κ3) is 2.65. The minimum absolute atomic E-state index is 0.151. The highest BCUT2D eigenvalue weighted by Crippen LogP contribution is 2.23. The Hall–Kier alpha value is -3.40. The van der Waals surface area contributed by atoms with Gasteiger partial charge in [-0.3, -0.25) is 9.59 Å². The lowest BCUT2D eigenvalue weighted by atomic mass is 10.1. The van der Waals surface area contributed by atoms with E-state index in [4.69, 9.17) is 0 Å². The lowest BCUT2D eigenvalue weighted by Crippen LogP contribution is -2.24. The summed E-state index contributed by atoms with van der Waals surface area (Å²) < 4.78 is 1.93. The number of pyridine rings is 1. The molecule has 1 amide bonds. The van der Waals surface area contributed by atoms with E-state index < -0.39 is 0 Å². The van der Waals surface area contributed by atoms with Crippen LogP contribution >= 0.6 is 0 Å². The zero-order chi connectivity index (χ0) is 18.1. The number of fused-ring (bicyclic) bond motifs is 2. The molecule has 1 aromatic heterocycles. The molecule has 4 aromatic rings. The van der Waals surface area contributed by atoms with Crippen molar-refractivity contribution < 1.29 is 4.79 Å². The van der Waals surface area contributed by atoms with Crippen LogP contribution in [0.25, 0.3) is 21.7 Å². The summed E-state index contributed by atoms with van der Waals surface area (Å²) in [5, 5.41) is 5.44. The van der Waals surface area contributed by atoms with Crippen molar-refractivity contribution >= 4 is 33.3 Å². The van der Waals surface area contributed by atoms with E-state index in [0.717, 1.165) is 16.3 Å². The maximum atomic E-state index is 12.9. The molecular weight excluding hydrogens is 324 g/mol. The molecule has 4 nitrogen and oxygen atoms in total. The highest BCUT2D eigenvalue weighted by Gasteiger charge is 2.16. The molecule has 0 radical (unpaired) electrons. The number of nitrogens with one attached hydrogen (secondary N) is 1. The monoisotopic (exact) mass is 342 g/mol. The van der Waals surface area contributed by atoms with Gasteiger partial charge in [0.1, 0.15) is 5.56 Å². The summed E-state index contributed by atoms with van der Waals surface area (Å²) in [6.07, 6.45) is 1.64. The first kappa shape index (κ1) is 16.1. The Kier molecular flexibility index (Phi) is 4.01. The average Bonchev–Trinajstić information content (AvgIpc) is 2.69. The smallest absolute Gasteiger partial charge is 0.261 e. The number of hydrogen-bond acceptors (Lipinski definition) is 2. The number of benzene rings is 3. The van der Waals surface area contributed by atoms with Gasteiger partial charge in [0.05, 0.1) is 5.52 Å². The minimum Gasteiger partial charge on any atom is -0.347 e. The Morgan fingerprint density at radius 1 is 0.923 bits per heavy atom. The summed E-state index contributed by atoms with van der Waals surface area (Å²) in [6.45, 7) is 2.67. The second kappa shape index (κ2) is 6.48. The standard InChI is InChI=1S/C22H18N2O2/c1-2-24-14-18(21(25)17-11-5-6-13-20(17)24)22(26)23-19-12-7-9-15-8-3-4-10-16(15)19/h3-14H,2H2,1H3,(H,23,26). The number of aromatic nitrogens is 1. The number of anilines is 1. The molecule has 0 bridgehead atoms. The van der Waals surface area contributed by atoms with Crippen LogP contribution in [0.3, 0.4) is 0 Å². The van der Waals surface area contributed by atoms with Crippen molar-refractivity contribution in [2.24, 2.45) is 0 Å². The fourth-order valence-electron chi connectivity index (χ4n) is 3.29. The second-order valence-corrected chi connectivity index (χ2v) is 6.16. The van der Waals surface area contributed by atoms with Gasteiger partial charge in [-0.15, -0.1) is 0 Å².